The van der Waals surface area contributed by atoms with E-state index in [1.807, 2.05) is 11.9 Å². The van der Waals surface area contributed by atoms with Gasteiger partial charge in [-0.3, -0.25) is 9.59 Å². The fourth-order valence-electron chi connectivity index (χ4n) is 3.15. The molecule has 0 bridgehead atoms. The van der Waals surface area contributed by atoms with Crippen LogP contribution in [0.1, 0.15) is 17.9 Å². The molecule has 0 spiro atoms. The van der Waals surface area contributed by atoms with E-state index in [0.717, 1.165) is 18.7 Å². The normalized spacial score (nSPS) is 23.6. The molecule has 7 heteroatoms. The van der Waals surface area contributed by atoms with Crippen molar-refractivity contribution in [3.05, 3.63) is 35.6 Å². The standard InChI is InChI=1S/C17H22FN3O2S/c1-12(16(23)20-9-7-19(2)8-10-20)21-15(22)11-24-17(21)13-3-5-14(18)6-4-13/h3-6,12,17H,7-11H2,1-2H3/t12-,17+/m0/s1. The van der Waals surface area contributed by atoms with Gasteiger partial charge in [-0.05, 0) is 31.7 Å². The van der Waals surface area contributed by atoms with Gasteiger partial charge in [0.25, 0.3) is 0 Å². The van der Waals surface area contributed by atoms with Gasteiger partial charge in [-0.15, -0.1) is 11.8 Å². The molecule has 0 aliphatic carbocycles. The lowest BCUT2D eigenvalue weighted by Crippen LogP contribution is -2.54. The smallest absolute Gasteiger partial charge is 0.245 e. The van der Waals surface area contributed by atoms with Gasteiger partial charge in [-0.2, -0.15) is 0 Å². The van der Waals surface area contributed by atoms with E-state index in [4.69, 9.17) is 0 Å². The van der Waals surface area contributed by atoms with Crippen molar-refractivity contribution in [2.24, 2.45) is 0 Å². The van der Waals surface area contributed by atoms with Crippen molar-refractivity contribution in [3.8, 4) is 0 Å². The summed E-state index contributed by atoms with van der Waals surface area (Å²) >= 11 is 1.49. The average molecular weight is 351 g/mol. The molecule has 0 N–H and O–H groups in total. The molecular formula is C17H22FN3O2S. The zero-order valence-corrected chi connectivity index (χ0v) is 14.8. The summed E-state index contributed by atoms with van der Waals surface area (Å²) in [5.74, 6) is -0.000814. The Kier molecular flexibility index (Phi) is 5.10. The van der Waals surface area contributed by atoms with Gasteiger partial charge in [-0.1, -0.05) is 12.1 Å². The summed E-state index contributed by atoms with van der Waals surface area (Å²) in [6, 6.07) is 5.65. The Morgan fingerprint density at radius 2 is 1.83 bits per heavy atom. The number of rotatable bonds is 3. The highest BCUT2D eigenvalue weighted by molar-refractivity contribution is 8.00. The summed E-state index contributed by atoms with van der Waals surface area (Å²) in [5, 5.41) is -0.232. The van der Waals surface area contributed by atoms with Gasteiger partial charge in [0.15, 0.2) is 0 Å². The molecule has 2 amide bonds. The van der Waals surface area contributed by atoms with Crippen LogP contribution in [0.15, 0.2) is 24.3 Å². The second kappa shape index (κ2) is 7.11. The van der Waals surface area contributed by atoms with Crippen molar-refractivity contribution in [3.63, 3.8) is 0 Å². The first-order valence-corrected chi connectivity index (χ1v) is 9.18. The second-order valence-electron chi connectivity index (χ2n) is 6.32. The third kappa shape index (κ3) is 3.42. The topological polar surface area (TPSA) is 43.9 Å². The molecule has 1 aromatic rings. The van der Waals surface area contributed by atoms with Crippen LogP contribution in [0.3, 0.4) is 0 Å². The van der Waals surface area contributed by atoms with E-state index in [2.05, 4.69) is 4.90 Å². The lowest BCUT2D eigenvalue weighted by Gasteiger charge is -2.37. The van der Waals surface area contributed by atoms with Crippen LogP contribution < -0.4 is 0 Å². The van der Waals surface area contributed by atoms with E-state index < -0.39 is 6.04 Å². The van der Waals surface area contributed by atoms with Gasteiger partial charge >= 0.3 is 0 Å². The molecule has 130 valence electrons. The largest absolute Gasteiger partial charge is 0.338 e. The maximum Gasteiger partial charge on any atom is 0.245 e. The number of benzene rings is 1. The van der Waals surface area contributed by atoms with E-state index >= 15 is 0 Å². The van der Waals surface area contributed by atoms with Crippen LogP contribution in [0.25, 0.3) is 0 Å². The third-order valence-corrected chi connectivity index (χ3v) is 5.88. The fourth-order valence-corrected chi connectivity index (χ4v) is 4.41. The predicted molar refractivity (Wildman–Crippen MR) is 92.0 cm³/mol. The van der Waals surface area contributed by atoms with E-state index in [9.17, 15) is 14.0 Å². The summed E-state index contributed by atoms with van der Waals surface area (Å²) in [4.78, 5) is 30.8. The van der Waals surface area contributed by atoms with E-state index in [-0.39, 0.29) is 23.0 Å². The molecule has 2 heterocycles. The number of hydrogen-bond donors (Lipinski definition) is 0. The first kappa shape index (κ1) is 17.2. The van der Waals surface area contributed by atoms with Crippen molar-refractivity contribution >= 4 is 23.6 Å². The van der Waals surface area contributed by atoms with Gasteiger partial charge in [0.05, 0.1) is 5.75 Å². The maximum absolute atomic E-state index is 13.2. The Morgan fingerprint density at radius 3 is 2.46 bits per heavy atom. The molecular weight excluding hydrogens is 329 g/mol. The Labute approximate surface area is 145 Å². The van der Waals surface area contributed by atoms with Crippen LogP contribution in [0.2, 0.25) is 0 Å². The van der Waals surface area contributed by atoms with Crippen molar-refractivity contribution in [1.82, 2.24) is 14.7 Å². The van der Waals surface area contributed by atoms with E-state index in [1.165, 1.54) is 23.9 Å². The molecule has 3 rings (SSSR count). The van der Waals surface area contributed by atoms with Crippen LogP contribution in [0.4, 0.5) is 4.39 Å². The molecule has 2 aliphatic heterocycles. The number of carbonyl (C=O) groups is 2. The number of hydrogen-bond acceptors (Lipinski definition) is 4. The van der Waals surface area contributed by atoms with E-state index in [1.54, 1.807) is 24.0 Å². The molecule has 2 fully saturated rings. The first-order valence-electron chi connectivity index (χ1n) is 8.13. The number of amides is 2. The first-order chi connectivity index (χ1) is 11.5. The molecule has 5 nitrogen and oxygen atoms in total. The molecule has 24 heavy (non-hydrogen) atoms. The second-order valence-corrected chi connectivity index (χ2v) is 7.39. The molecule has 1 aromatic carbocycles. The minimum Gasteiger partial charge on any atom is -0.338 e. The minimum absolute atomic E-state index is 0.00828. The summed E-state index contributed by atoms with van der Waals surface area (Å²) in [7, 11) is 2.04. The van der Waals surface area contributed by atoms with E-state index in [0.29, 0.717) is 18.8 Å². The fraction of sp³-hybridized carbons (Fsp3) is 0.529. The van der Waals surface area contributed by atoms with Crippen molar-refractivity contribution in [2.45, 2.75) is 18.3 Å². The SMILES string of the molecule is C[C@@H](C(=O)N1CCN(C)CC1)N1C(=O)CS[C@@H]1c1ccc(F)cc1. The highest BCUT2D eigenvalue weighted by atomic mass is 32.2. The van der Waals surface area contributed by atoms with Gasteiger partial charge in [-0.25, -0.2) is 4.39 Å². The lowest BCUT2D eigenvalue weighted by atomic mass is 10.1. The zero-order valence-electron chi connectivity index (χ0n) is 13.9. The quantitative estimate of drug-likeness (QED) is 0.829. The number of halogens is 1. The number of carbonyl (C=O) groups excluding carboxylic acids is 2. The monoisotopic (exact) mass is 351 g/mol. The van der Waals surface area contributed by atoms with Crippen molar-refractivity contribution < 1.29 is 14.0 Å². The Morgan fingerprint density at radius 1 is 1.21 bits per heavy atom. The van der Waals surface area contributed by atoms with Crippen LogP contribution in [-0.4, -0.2) is 71.5 Å². The molecule has 2 aliphatic rings. The summed E-state index contributed by atoms with van der Waals surface area (Å²) < 4.78 is 13.2. The van der Waals surface area contributed by atoms with Crippen LogP contribution in [0.5, 0.6) is 0 Å². The Hall–Kier alpha value is -1.60. The Balaban J connectivity index is 1.75. The molecule has 0 aromatic heterocycles. The van der Waals surface area contributed by atoms with Gasteiger partial charge in [0, 0.05) is 26.2 Å². The predicted octanol–water partition coefficient (Wildman–Crippen LogP) is 1.56. The molecule has 0 radical (unpaired) electrons. The number of nitrogens with zero attached hydrogens (tertiary/aromatic N) is 3. The Bertz CT molecular complexity index is 617. The van der Waals surface area contributed by atoms with Crippen molar-refractivity contribution in [2.75, 3.05) is 39.0 Å². The van der Waals surface area contributed by atoms with Crippen LogP contribution >= 0.6 is 11.8 Å². The zero-order chi connectivity index (χ0) is 17.3. The summed E-state index contributed by atoms with van der Waals surface area (Å²) in [5.41, 5.74) is 0.852. The van der Waals surface area contributed by atoms with Crippen LogP contribution in [-0.2, 0) is 9.59 Å². The maximum atomic E-state index is 13.2. The minimum atomic E-state index is -0.508. The highest BCUT2D eigenvalue weighted by Crippen LogP contribution is 2.40. The highest BCUT2D eigenvalue weighted by Gasteiger charge is 2.40. The average Bonchev–Trinajstić information content (AvgIpc) is 2.96. The number of piperazine rings is 1. The molecule has 2 saturated heterocycles. The van der Waals surface area contributed by atoms with Crippen molar-refractivity contribution in [1.29, 1.82) is 0 Å². The van der Waals surface area contributed by atoms with Crippen LogP contribution in [0, 0.1) is 5.82 Å². The number of thioether (sulfide) groups is 1. The summed E-state index contributed by atoms with van der Waals surface area (Å²) in [6.45, 7) is 4.87. The van der Waals surface area contributed by atoms with Gasteiger partial charge in [0.1, 0.15) is 17.2 Å². The molecule has 0 saturated carbocycles. The van der Waals surface area contributed by atoms with Gasteiger partial charge < -0.3 is 14.7 Å². The molecule has 0 unspecified atom stereocenters. The third-order valence-electron chi connectivity index (χ3n) is 4.65. The molecule has 2 atom stereocenters. The van der Waals surface area contributed by atoms with Gasteiger partial charge in [0.2, 0.25) is 11.8 Å². The number of likely N-dealkylation sites (N-methyl/N-ethyl adjacent to an activating group) is 1. The lowest BCUT2D eigenvalue weighted by molar-refractivity contribution is -0.145. The summed E-state index contributed by atoms with van der Waals surface area (Å²) in [6.07, 6.45) is 0.